The van der Waals surface area contributed by atoms with Gasteiger partial charge in [-0.1, -0.05) is 0 Å². The Labute approximate surface area is 91.5 Å². The van der Waals surface area contributed by atoms with Crippen LogP contribution >= 0.6 is 0 Å². The van der Waals surface area contributed by atoms with Crippen LogP contribution in [0.3, 0.4) is 0 Å². The summed E-state index contributed by atoms with van der Waals surface area (Å²) in [6, 6.07) is 9.22. The van der Waals surface area contributed by atoms with Gasteiger partial charge in [0.15, 0.2) is 5.76 Å². The highest BCUT2D eigenvalue weighted by Crippen LogP contribution is 2.29. The maximum atomic E-state index is 5.35. The van der Waals surface area contributed by atoms with Gasteiger partial charge in [-0.25, -0.2) is 0 Å². The van der Waals surface area contributed by atoms with Crippen molar-refractivity contribution in [3.05, 3.63) is 49.1 Å². The van der Waals surface area contributed by atoms with Crippen LogP contribution in [0.1, 0.15) is 0 Å². The van der Waals surface area contributed by atoms with Crippen molar-refractivity contribution >= 4 is 0 Å². The first-order valence-corrected chi connectivity index (χ1v) is 4.84. The molecule has 16 heavy (non-hydrogen) atoms. The van der Waals surface area contributed by atoms with Gasteiger partial charge in [0.1, 0.15) is 11.5 Å². The van der Waals surface area contributed by atoms with E-state index in [1.165, 1.54) is 0 Å². The summed E-state index contributed by atoms with van der Waals surface area (Å²) in [5, 5.41) is 7.93. The van der Waals surface area contributed by atoms with Crippen molar-refractivity contribution < 1.29 is 8.83 Å². The molecule has 0 aromatic carbocycles. The summed E-state index contributed by atoms with van der Waals surface area (Å²) in [5.74, 6) is 1.43. The van der Waals surface area contributed by atoms with E-state index < -0.39 is 0 Å². The maximum absolute atomic E-state index is 5.35. The third-order valence-corrected chi connectivity index (χ3v) is 2.26. The molecule has 0 saturated heterocycles. The molecular formula is C12H8N2O2. The molecule has 0 saturated carbocycles. The maximum Gasteiger partial charge on any atom is 0.154 e. The zero-order chi connectivity index (χ0) is 10.8. The predicted octanol–water partition coefficient (Wildman–Crippen LogP) is 3.00. The highest BCUT2D eigenvalue weighted by molar-refractivity contribution is 5.74. The monoisotopic (exact) mass is 212 g/mol. The molecule has 0 bridgehead atoms. The first-order chi connectivity index (χ1) is 7.95. The Morgan fingerprint density at radius 1 is 0.875 bits per heavy atom. The smallest absolute Gasteiger partial charge is 0.154 e. The van der Waals surface area contributed by atoms with Gasteiger partial charge < -0.3 is 8.83 Å². The Balaban J connectivity index is 2.19. The van der Waals surface area contributed by atoms with Crippen molar-refractivity contribution in [3.63, 3.8) is 0 Å². The number of furan rings is 2. The van der Waals surface area contributed by atoms with Crippen LogP contribution in [0.4, 0.5) is 0 Å². The van der Waals surface area contributed by atoms with Crippen LogP contribution in [0.25, 0.3) is 22.8 Å². The second kappa shape index (κ2) is 3.66. The van der Waals surface area contributed by atoms with Gasteiger partial charge in [0.2, 0.25) is 0 Å². The van der Waals surface area contributed by atoms with Crippen molar-refractivity contribution in [2.45, 2.75) is 0 Å². The lowest BCUT2D eigenvalue weighted by Gasteiger charge is -2.01. The Morgan fingerprint density at radius 3 is 2.31 bits per heavy atom. The van der Waals surface area contributed by atoms with Crippen LogP contribution in [0, 0.1) is 0 Å². The van der Waals surface area contributed by atoms with Crippen molar-refractivity contribution in [2.24, 2.45) is 0 Å². The molecule has 0 fully saturated rings. The standard InChI is InChI=1S/C12H8N2O2/c1-3-10(15-7-1)9-5-6-13-14-12(9)11-4-2-8-16-11/h1-8H. The van der Waals surface area contributed by atoms with Gasteiger partial charge in [0, 0.05) is 0 Å². The molecule has 0 atom stereocenters. The fourth-order valence-corrected chi connectivity index (χ4v) is 1.56. The lowest BCUT2D eigenvalue weighted by atomic mass is 10.1. The quantitative estimate of drug-likeness (QED) is 0.655. The van der Waals surface area contributed by atoms with E-state index >= 15 is 0 Å². The normalized spacial score (nSPS) is 10.5. The summed E-state index contributed by atoms with van der Waals surface area (Å²) in [6.45, 7) is 0. The highest BCUT2D eigenvalue weighted by atomic mass is 16.3. The van der Waals surface area contributed by atoms with Crippen molar-refractivity contribution in [1.29, 1.82) is 0 Å². The minimum atomic E-state index is 0.680. The molecular weight excluding hydrogens is 204 g/mol. The van der Waals surface area contributed by atoms with E-state index in [4.69, 9.17) is 8.83 Å². The Bertz CT molecular complexity index is 518. The SMILES string of the molecule is c1coc(-c2ccnnc2-c2ccco2)c1. The van der Waals surface area contributed by atoms with E-state index in [0.717, 1.165) is 11.3 Å². The summed E-state index contributed by atoms with van der Waals surface area (Å²) in [6.07, 6.45) is 4.86. The minimum Gasteiger partial charge on any atom is -0.464 e. The van der Waals surface area contributed by atoms with E-state index in [9.17, 15) is 0 Å². The van der Waals surface area contributed by atoms with Crippen LogP contribution in [-0.4, -0.2) is 10.2 Å². The molecule has 0 N–H and O–H groups in total. The molecule has 78 valence electrons. The fraction of sp³-hybridized carbons (Fsp3) is 0. The molecule has 4 nitrogen and oxygen atoms in total. The average molecular weight is 212 g/mol. The number of hydrogen-bond acceptors (Lipinski definition) is 4. The van der Waals surface area contributed by atoms with Crippen LogP contribution in [0.2, 0.25) is 0 Å². The third kappa shape index (κ3) is 1.40. The average Bonchev–Trinajstić information content (AvgIpc) is 3.03. The van der Waals surface area contributed by atoms with Gasteiger partial charge in [-0.05, 0) is 30.3 Å². The Hall–Kier alpha value is -2.36. The molecule has 0 radical (unpaired) electrons. The molecule has 3 heterocycles. The van der Waals surface area contributed by atoms with E-state index in [1.807, 2.05) is 30.3 Å². The molecule has 3 rings (SSSR count). The lowest BCUT2D eigenvalue weighted by molar-refractivity contribution is 0.572. The summed E-state index contributed by atoms with van der Waals surface area (Å²) >= 11 is 0. The summed E-state index contributed by atoms with van der Waals surface area (Å²) in [5.41, 5.74) is 1.55. The number of aromatic nitrogens is 2. The summed E-state index contributed by atoms with van der Waals surface area (Å²) < 4.78 is 10.7. The Kier molecular flexibility index (Phi) is 2.04. The van der Waals surface area contributed by atoms with E-state index in [2.05, 4.69) is 10.2 Å². The van der Waals surface area contributed by atoms with Crippen LogP contribution in [0.15, 0.2) is 57.9 Å². The predicted molar refractivity (Wildman–Crippen MR) is 57.4 cm³/mol. The van der Waals surface area contributed by atoms with Gasteiger partial charge in [0.05, 0.1) is 24.3 Å². The second-order valence-corrected chi connectivity index (χ2v) is 3.25. The van der Waals surface area contributed by atoms with E-state index in [-0.39, 0.29) is 0 Å². The van der Waals surface area contributed by atoms with E-state index in [0.29, 0.717) is 11.5 Å². The first-order valence-electron chi connectivity index (χ1n) is 4.84. The molecule has 0 aliphatic carbocycles. The zero-order valence-corrected chi connectivity index (χ0v) is 8.33. The van der Waals surface area contributed by atoms with Gasteiger partial charge in [-0.15, -0.1) is 5.10 Å². The molecule has 0 aliphatic heterocycles. The number of hydrogen-bond donors (Lipinski definition) is 0. The van der Waals surface area contributed by atoms with Gasteiger partial charge in [-0.3, -0.25) is 0 Å². The van der Waals surface area contributed by atoms with Crippen LogP contribution in [0.5, 0.6) is 0 Å². The van der Waals surface area contributed by atoms with Gasteiger partial charge in [0.25, 0.3) is 0 Å². The van der Waals surface area contributed by atoms with Crippen molar-refractivity contribution in [3.8, 4) is 22.8 Å². The first kappa shape index (κ1) is 8.91. The summed E-state index contributed by atoms with van der Waals surface area (Å²) in [7, 11) is 0. The molecule has 4 heteroatoms. The topological polar surface area (TPSA) is 52.1 Å². The van der Waals surface area contributed by atoms with Crippen molar-refractivity contribution in [1.82, 2.24) is 10.2 Å². The molecule has 0 amide bonds. The molecule has 0 unspecified atom stereocenters. The number of rotatable bonds is 2. The largest absolute Gasteiger partial charge is 0.464 e. The minimum absolute atomic E-state index is 0.680. The van der Waals surface area contributed by atoms with Crippen LogP contribution in [-0.2, 0) is 0 Å². The zero-order valence-electron chi connectivity index (χ0n) is 8.33. The lowest BCUT2D eigenvalue weighted by Crippen LogP contribution is -1.89. The van der Waals surface area contributed by atoms with Gasteiger partial charge in [-0.2, -0.15) is 5.10 Å². The Morgan fingerprint density at radius 2 is 1.62 bits per heavy atom. The van der Waals surface area contributed by atoms with E-state index in [1.54, 1.807) is 18.7 Å². The second-order valence-electron chi connectivity index (χ2n) is 3.25. The molecule has 0 spiro atoms. The third-order valence-electron chi connectivity index (χ3n) is 2.26. The molecule has 3 aromatic rings. The highest BCUT2D eigenvalue weighted by Gasteiger charge is 2.12. The number of nitrogens with zero attached hydrogens (tertiary/aromatic N) is 2. The van der Waals surface area contributed by atoms with Gasteiger partial charge >= 0.3 is 0 Å². The molecule has 3 aromatic heterocycles. The van der Waals surface area contributed by atoms with Crippen molar-refractivity contribution in [2.75, 3.05) is 0 Å². The fourth-order valence-electron chi connectivity index (χ4n) is 1.56. The van der Waals surface area contributed by atoms with Crippen LogP contribution < -0.4 is 0 Å². The molecule has 0 aliphatic rings. The summed E-state index contributed by atoms with van der Waals surface area (Å²) in [4.78, 5) is 0.